The number of nitrogens with two attached hydrogens (primary N) is 1. The quantitative estimate of drug-likeness (QED) is 0.912. The minimum Gasteiger partial charge on any atom is -0.370 e. The van der Waals surface area contributed by atoms with Crippen LogP contribution in [0.3, 0.4) is 0 Å². The van der Waals surface area contributed by atoms with Gasteiger partial charge in [-0.1, -0.05) is 25.1 Å². The molecule has 2 heterocycles. The van der Waals surface area contributed by atoms with Gasteiger partial charge >= 0.3 is 0 Å². The Morgan fingerprint density at radius 3 is 2.57 bits per heavy atom. The van der Waals surface area contributed by atoms with Crippen LogP contribution in [0.1, 0.15) is 25.3 Å². The van der Waals surface area contributed by atoms with Crippen LogP contribution >= 0.6 is 0 Å². The highest BCUT2D eigenvalue weighted by molar-refractivity contribution is 7.89. The maximum Gasteiger partial charge on any atom is 0.274 e. The first-order valence-corrected chi connectivity index (χ1v) is 8.18. The summed E-state index contributed by atoms with van der Waals surface area (Å²) in [6.45, 7) is 2.66. The van der Waals surface area contributed by atoms with Crippen molar-refractivity contribution in [3.8, 4) is 5.69 Å². The Balaban J connectivity index is 2.20. The number of sulfonamides is 1. The Kier molecular flexibility index (Phi) is 3.52. The number of rotatable bonds is 3. The van der Waals surface area contributed by atoms with Crippen molar-refractivity contribution in [2.45, 2.75) is 24.6 Å². The van der Waals surface area contributed by atoms with Crippen LogP contribution in [0.4, 0.5) is 0 Å². The average molecular weight is 308 g/mol. The minimum atomic E-state index is -3.97. The fourth-order valence-corrected chi connectivity index (χ4v) is 3.10. The highest BCUT2D eigenvalue weighted by Crippen LogP contribution is 2.34. The summed E-state index contributed by atoms with van der Waals surface area (Å²) >= 11 is 0. The molecule has 0 amide bonds. The zero-order valence-corrected chi connectivity index (χ0v) is 12.3. The van der Waals surface area contributed by atoms with Crippen LogP contribution in [-0.4, -0.2) is 29.8 Å². The van der Waals surface area contributed by atoms with Crippen LogP contribution in [0.2, 0.25) is 0 Å². The van der Waals surface area contributed by atoms with E-state index >= 15 is 0 Å². The zero-order valence-electron chi connectivity index (χ0n) is 11.5. The molecule has 1 fully saturated rings. The first-order valence-electron chi connectivity index (χ1n) is 6.63. The van der Waals surface area contributed by atoms with Gasteiger partial charge in [0.1, 0.15) is 6.10 Å². The third-order valence-electron chi connectivity index (χ3n) is 3.57. The number of aromatic nitrogens is 3. The van der Waals surface area contributed by atoms with E-state index in [1.54, 1.807) is 12.1 Å². The van der Waals surface area contributed by atoms with Crippen LogP contribution in [-0.2, 0) is 14.8 Å². The summed E-state index contributed by atoms with van der Waals surface area (Å²) in [6.07, 6.45) is 0.616. The van der Waals surface area contributed by atoms with Crippen molar-refractivity contribution in [1.29, 1.82) is 0 Å². The summed E-state index contributed by atoms with van der Waals surface area (Å²) in [5.74, 6) is 0.709. The second kappa shape index (κ2) is 5.21. The number of para-hydroxylation sites is 1. The molecule has 1 aliphatic rings. The summed E-state index contributed by atoms with van der Waals surface area (Å²) < 4.78 is 30.6. The van der Waals surface area contributed by atoms with Gasteiger partial charge in [0, 0.05) is 12.3 Å². The maximum absolute atomic E-state index is 11.8. The van der Waals surface area contributed by atoms with Gasteiger partial charge in [0.05, 0.1) is 0 Å². The maximum atomic E-state index is 11.8. The van der Waals surface area contributed by atoms with Gasteiger partial charge in [0.2, 0.25) is 0 Å². The van der Waals surface area contributed by atoms with Crippen molar-refractivity contribution in [3.63, 3.8) is 0 Å². The number of ether oxygens (including phenoxy) is 1. The lowest BCUT2D eigenvalue weighted by molar-refractivity contribution is 0.0855. The summed E-state index contributed by atoms with van der Waals surface area (Å²) in [5.41, 5.74) is 0.643. The molecule has 0 radical (unpaired) electrons. The van der Waals surface area contributed by atoms with Crippen molar-refractivity contribution in [3.05, 3.63) is 36.2 Å². The van der Waals surface area contributed by atoms with E-state index in [0.29, 0.717) is 18.1 Å². The van der Waals surface area contributed by atoms with Crippen LogP contribution in [0.5, 0.6) is 0 Å². The Morgan fingerprint density at radius 1 is 1.29 bits per heavy atom. The zero-order chi connectivity index (χ0) is 15.0. The van der Waals surface area contributed by atoms with Crippen molar-refractivity contribution >= 4 is 10.0 Å². The Morgan fingerprint density at radius 2 is 2.00 bits per heavy atom. The Labute approximate surface area is 122 Å². The standard InChI is InChI=1S/C13H16N4O3S/c1-9-7-8-20-11(9)12-15-16-13(21(14,18)19)17(12)10-5-3-2-4-6-10/h2-6,9,11H,7-8H2,1H3,(H2,14,18,19). The number of benzene rings is 1. The Bertz CT molecular complexity index is 742. The van der Waals surface area contributed by atoms with Crippen LogP contribution < -0.4 is 5.14 Å². The van der Waals surface area contributed by atoms with Crippen LogP contribution in [0.25, 0.3) is 5.69 Å². The largest absolute Gasteiger partial charge is 0.370 e. The molecule has 0 spiro atoms. The topological polar surface area (TPSA) is 100 Å². The molecule has 21 heavy (non-hydrogen) atoms. The molecule has 0 aliphatic carbocycles. The van der Waals surface area contributed by atoms with Gasteiger partial charge in [-0.25, -0.2) is 13.6 Å². The van der Waals surface area contributed by atoms with Crippen molar-refractivity contribution in [2.75, 3.05) is 6.61 Å². The van der Waals surface area contributed by atoms with E-state index < -0.39 is 10.0 Å². The molecule has 0 bridgehead atoms. The monoisotopic (exact) mass is 308 g/mol. The SMILES string of the molecule is CC1CCOC1c1nnc(S(N)(=O)=O)n1-c1ccccc1. The lowest BCUT2D eigenvalue weighted by Gasteiger charge is -2.16. The van der Waals surface area contributed by atoms with Crippen molar-refractivity contribution < 1.29 is 13.2 Å². The summed E-state index contributed by atoms with van der Waals surface area (Å²) in [7, 11) is -3.97. The van der Waals surface area contributed by atoms with E-state index in [1.807, 2.05) is 25.1 Å². The fraction of sp³-hybridized carbons (Fsp3) is 0.385. The van der Waals surface area contributed by atoms with Gasteiger partial charge in [0.15, 0.2) is 5.82 Å². The molecule has 112 valence electrons. The molecule has 2 atom stereocenters. The Hall–Kier alpha value is -1.77. The first kappa shape index (κ1) is 14.2. The molecular formula is C13H16N4O3S. The highest BCUT2D eigenvalue weighted by Gasteiger charge is 2.33. The molecule has 7 nitrogen and oxygen atoms in total. The van der Waals surface area contributed by atoms with E-state index in [-0.39, 0.29) is 17.2 Å². The van der Waals surface area contributed by atoms with Crippen LogP contribution in [0.15, 0.2) is 35.5 Å². The third-order valence-corrected chi connectivity index (χ3v) is 4.34. The second-order valence-electron chi connectivity index (χ2n) is 5.11. The predicted octanol–water partition coefficient (Wildman–Crippen LogP) is 1.01. The van der Waals surface area contributed by atoms with Gasteiger partial charge in [-0.15, -0.1) is 10.2 Å². The molecule has 2 aromatic rings. The van der Waals surface area contributed by atoms with Gasteiger partial charge < -0.3 is 4.74 Å². The summed E-state index contributed by atoms with van der Waals surface area (Å²) in [5, 5.41) is 12.8. The van der Waals surface area contributed by atoms with Crippen LogP contribution in [0, 0.1) is 5.92 Å². The lowest BCUT2D eigenvalue weighted by atomic mass is 10.0. The molecule has 0 saturated carbocycles. The minimum absolute atomic E-state index is 0.241. The molecule has 2 N–H and O–H groups in total. The van der Waals surface area contributed by atoms with E-state index in [2.05, 4.69) is 10.2 Å². The predicted molar refractivity (Wildman–Crippen MR) is 75.2 cm³/mol. The van der Waals surface area contributed by atoms with E-state index in [1.165, 1.54) is 4.57 Å². The number of primary sulfonamides is 1. The molecule has 1 saturated heterocycles. The first-order chi connectivity index (χ1) is 9.98. The van der Waals surface area contributed by atoms with E-state index in [0.717, 1.165) is 6.42 Å². The number of nitrogens with zero attached hydrogens (tertiary/aromatic N) is 3. The molecular weight excluding hydrogens is 292 g/mol. The molecule has 1 aliphatic heterocycles. The molecule has 2 unspecified atom stereocenters. The molecule has 1 aromatic heterocycles. The fourth-order valence-electron chi connectivity index (χ4n) is 2.50. The van der Waals surface area contributed by atoms with Gasteiger partial charge in [-0.2, -0.15) is 0 Å². The molecule has 1 aromatic carbocycles. The number of hydrogen-bond donors (Lipinski definition) is 1. The van der Waals surface area contributed by atoms with Crippen molar-refractivity contribution in [1.82, 2.24) is 14.8 Å². The normalized spacial score (nSPS) is 22.6. The van der Waals surface area contributed by atoms with Crippen molar-refractivity contribution in [2.24, 2.45) is 11.1 Å². The van der Waals surface area contributed by atoms with E-state index in [9.17, 15) is 8.42 Å². The van der Waals surface area contributed by atoms with Gasteiger partial charge in [-0.05, 0) is 24.5 Å². The lowest BCUT2D eigenvalue weighted by Crippen LogP contribution is -2.20. The smallest absolute Gasteiger partial charge is 0.274 e. The van der Waals surface area contributed by atoms with Gasteiger partial charge in [-0.3, -0.25) is 4.57 Å². The molecule has 8 heteroatoms. The third kappa shape index (κ3) is 2.57. The second-order valence-corrected chi connectivity index (χ2v) is 6.57. The number of hydrogen-bond acceptors (Lipinski definition) is 5. The van der Waals surface area contributed by atoms with E-state index in [4.69, 9.17) is 9.88 Å². The molecule has 3 rings (SSSR count). The van der Waals surface area contributed by atoms with Gasteiger partial charge in [0.25, 0.3) is 15.2 Å². The summed E-state index contributed by atoms with van der Waals surface area (Å²) in [6, 6.07) is 9.02. The average Bonchev–Trinajstić information content (AvgIpc) is 3.04. The summed E-state index contributed by atoms with van der Waals surface area (Å²) in [4.78, 5) is 0. The highest BCUT2D eigenvalue weighted by atomic mass is 32.2.